The maximum absolute atomic E-state index is 5.95. The third-order valence-electron chi connectivity index (χ3n) is 3.41. The summed E-state index contributed by atoms with van der Waals surface area (Å²) >= 11 is 0. The summed E-state index contributed by atoms with van der Waals surface area (Å²) in [6.45, 7) is 4.57. The molecular weight excluding hydrogens is 260 g/mol. The van der Waals surface area contributed by atoms with Gasteiger partial charge in [0.1, 0.15) is 12.4 Å². The summed E-state index contributed by atoms with van der Waals surface area (Å²) in [5.74, 6) is 0.902. The number of rotatable bonds is 7. The van der Waals surface area contributed by atoms with E-state index >= 15 is 0 Å². The minimum Gasteiger partial charge on any atom is -0.489 e. The highest BCUT2D eigenvalue weighted by Crippen LogP contribution is 2.21. The number of benzene rings is 2. The molecule has 21 heavy (non-hydrogen) atoms. The molecule has 0 spiro atoms. The molecule has 2 rings (SSSR count). The molecule has 0 radical (unpaired) electrons. The van der Waals surface area contributed by atoms with E-state index < -0.39 is 0 Å². The molecule has 0 saturated carbocycles. The first kappa shape index (κ1) is 15.4. The smallest absolute Gasteiger partial charge is 0.121 e. The lowest BCUT2D eigenvalue weighted by Crippen LogP contribution is -2.14. The van der Waals surface area contributed by atoms with Crippen LogP contribution in [0.4, 0.5) is 5.69 Å². The van der Waals surface area contributed by atoms with Crippen LogP contribution in [0.15, 0.2) is 48.5 Å². The first-order valence-electron chi connectivity index (χ1n) is 7.38. The van der Waals surface area contributed by atoms with Crippen LogP contribution in [0.25, 0.3) is 0 Å². The van der Waals surface area contributed by atoms with Gasteiger partial charge in [-0.2, -0.15) is 0 Å². The molecule has 2 aromatic carbocycles. The predicted octanol–water partition coefficient (Wildman–Crippen LogP) is 3.44. The highest BCUT2D eigenvalue weighted by atomic mass is 16.5. The van der Waals surface area contributed by atoms with Gasteiger partial charge in [0, 0.05) is 32.4 Å². The summed E-state index contributed by atoms with van der Waals surface area (Å²) in [7, 11) is 4.07. The van der Waals surface area contributed by atoms with Crippen molar-refractivity contribution in [2.45, 2.75) is 20.1 Å². The number of hydrogen-bond acceptors (Lipinski definition) is 3. The van der Waals surface area contributed by atoms with E-state index in [4.69, 9.17) is 4.74 Å². The zero-order valence-electron chi connectivity index (χ0n) is 13.1. The quantitative estimate of drug-likeness (QED) is 0.843. The van der Waals surface area contributed by atoms with Crippen LogP contribution >= 0.6 is 0 Å². The van der Waals surface area contributed by atoms with Gasteiger partial charge in [0.15, 0.2) is 0 Å². The Bertz CT molecular complexity index is 567. The van der Waals surface area contributed by atoms with Gasteiger partial charge in [0.25, 0.3) is 0 Å². The lowest BCUT2D eigenvalue weighted by molar-refractivity contribution is 0.305. The Hall–Kier alpha value is -2.00. The van der Waals surface area contributed by atoms with E-state index in [-0.39, 0.29) is 0 Å². The molecule has 0 bridgehead atoms. The molecule has 0 aliphatic rings. The third-order valence-corrected chi connectivity index (χ3v) is 3.41. The van der Waals surface area contributed by atoms with E-state index in [0.29, 0.717) is 6.61 Å². The maximum atomic E-state index is 5.95. The van der Waals surface area contributed by atoms with E-state index in [1.807, 2.05) is 26.2 Å². The normalized spacial score (nSPS) is 10.4. The first-order valence-corrected chi connectivity index (χ1v) is 7.38. The summed E-state index contributed by atoms with van der Waals surface area (Å²) in [5.41, 5.74) is 3.67. The van der Waals surface area contributed by atoms with Crippen molar-refractivity contribution in [2.24, 2.45) is 0 Å². The first-order chi connectivity index (χ1) is 10.2. The molecule has 0 heterocycles. The van der Waals surface area contributed by atoms with Crippen molar-refractivity contribution >= 4 is 5.69 Å². The molecule has 0 aliphatic carbocycles. The van der Waals surface area contributed by atoms with Gasteiger partial charge < -0.3 is 15.0 Å². The standard InChI is InChI=1S/C18H24N2O/c1-4-19-13-15-8-5-6-9-16(15)14-21-18-11-7-10-17(12-18)20(2)3/h5-12,19H,4,13-14H2,1-3H3. The number of nitrogens with zero attached hydrogens (tertiary/aromatic N) is 1. The van der Waals surface area contributed by atoms with Gasteiger partial charge in [0.05, 0.1) is 0 Å². The molecule has 0 amide bonds. The van der Waals surface area contributed by atoms with Crippen LogP contribution < -0.4 is 15.0 Å². The van der Waals surface area contributed by atoms with Crippen molar-refractivity contribution in [1.29, 1.82) is 0 Å². The van der Waals surface area contributed by atoms with E-state index in [1.165, 1.54) is 11.1 Å². The van der Waals surface area contributed by atoms with Crippen LogP contribution in [0.5, 0.6) is 5.75 Å². The molecule has 0 saturated heterocycles. The summed E-state index contributed by atoms with van der Waals surface area (Å²) in [6.07, 6.45) is 0. The Labute approximate surface area is 127 Å². The van der Waals surface area contributed by atoms with Gasteiger partial charge in [-0.25, -0.2) is 0 Å². The van der Waals surface area contributed by atoms with Crippen molar-refractivity contribution in [3.8, 4) is 5.75 Å². The number of ether oxygens (including phenoxy) is 1. The van der Waals surface area contributed by atoms with Crippen molar-refractivity contribution in [1.82, 2.24) is 5.32 Å². The third kappa shape index (κ3) is 4.50. The molecule has 112 valence electrons. The SMILES string of the molecule is CCNCc1ccccc1COc1cccc(N(C)C)c1. The second-order valence-electron chi connectivity index (χ2n) is 5.23. The molecule has 3 heteroatoms. The fraction of sp³-hybridized carbons (Fsp3) is 0.333. The molecular formula is C18H24N2O. The van der Waals surface area contributed by atoms with Crippen LogP contribution in [-0.4, -0.2) is 20.6 Å². The second-order valence-corrected chi connectivity index (χ2v) is 5.23. The minimum absolute atomic E-state index is 0.596. The summed E-state index contributed by atoms with van der Waals surface area (Å²) < 4.78 is 5.95. The maximum Gasteiger partial charge on any atom is 0.121 e. The molecule has 0 aromatic heterocycles. The predicted molar refractivity (Wildman–Crippen MR) is 88.9 cm³/mol. The van der Waals surface area contributed by atoms with Crippen LogP contribution in [0.3, 0.4) is 0 Å². The van der Waals surface area contributed by atoms with Crippen LogP contribution in [0, 0.1) is 0 Å². The number of hydrogen-bond donors (Lipinski definition) is 1. The molecule has 1 N–H and O–H groups in total. The van der Waals surface area contributed by atoms with Gasteiger partial charge in [-0.3, -0.25) is 0 Å². The monoisotopic (exact) mass is 284 g/mol. The van der Waals surface area contributed by atoms with Gasteiger partial charge >= 0.3 is 0 Å². The molecule has 0 aliphatic heterocycles. The van der Waals surface area contributed by atoms with Gasteiger partial charge in [-0.05, 0) is 29.8 Å². The Morgan fingerprint density at radius 3 is 2.48 bits per heavy atom. The molecule has 0 atom stereocenters. The Morgan fingerprint density at radius 1 is 1.00 bits per heavy atom. The van der Waals surface area contributed by atoms with E-state index in [1.54, 1.807) is 0 Å². The Kier molecular flexibility index (Phi) is 5.64. The van der Waals surface area contributed by atoms with Crippen molar-refractivity contribution in [3.05, 3.63) is 59.7 Å². The highest BCUT2D eigenvalue weighted by Gasteiger charge is 2.03. The van der Waals surface area contributed by atoms with E-state index in [2.05, 4.69) is 53.5 Å². The van der Waals surface area contributed by atoms with Gasteiger partial charge in [-0.15, -0.1) is 0 Å². The largest absolute Gasteiger partial charge is 0.489 e. The molecule has 3 nitrogen and oxygen atoms in total. The zero-order valence-corrected chi connectivity index (χ0v) is 13.1. The van der Waals surface area contributed by atoms with Crippen molar-refractivity contribution in [2.75, 3.05) is 25.5 Å². The van der Waals surface area contributed by atoms with Crippen molar-refractivity contribution < 1.29 is 4.74 Å². The number of nitrogens with one attached hydrogen (secondary N) is 1. The van der Waals surface area contributed by atoms with E-state index in [0.717, 1.165) is 24.5 Å². The second kappa shape index (κ2) is 7.70. The topological polar surface area (TPSA) is 24.5 Å². The molecule has 0 fully saturated rings. The van der Waals surface area contributed by atoms with Crippen LogP contribution in [0.2, 0.25) is 0 Å². The highest BCUT2D eigenvalue weighted by molar-refractivity contribution is 5.49. The fourth-order valence-corrected chi connectivity index (χ4v) is 2.14. The zero-order chi connectivity index (χ0) is 15.1. The Balaban J connectivity index is 2.04. The fourth-order valence-electron chi connectivity index (χ4n) is 2.14. The van der Waals surface area contributed by atoms with E-state index in [9.17, 15) is 0 Å². The lowest BCUT2D eigenvalue weighted by atomic mass is 10.1. The average molecular weight is 284 g/mol. The van der Waals surface area contributed by atoms with Crippen LogP contribution in [0.1, 0.15) is 18.1 Å². The van der Waals surface area contributed by atoms with Gasteiger partial charge in [-0.1, -0.05) is 37.3 Å². The Morgan fingerprint density at radius 2 is 1.76 bits per heavy atom. The molecule has 0 unspecified atom stereocenters. The minimum atomic E-state index is 0.596. The number of anilines is 1. The average Bonchev–Trinajstić information content (AvgIpc) is 2.52. The summed E-state index contributed by atoms with van der Waals surface area (Å²) in [5, 5.41) is 3.36. The van der Waals surface area contributed by atoms with Crippen LogP contribution in [-0.2, 0) is 13.2 Å². The summed E-state index contributed by atoms with van der Waals surface area (Å²) in [6, 6.07) is 16.6. The molecule has 2 aromatic rings. The summed E-state index contributed by atoms with van der Waals surface area (Å²) in [4.78, 5) is 2.08. The lowest BCUT2D eigenvalue weighted by Gasteiger charge is -2.15. The van der Waals surface area contributed by atoms with Crippen molar-refractivity contribution in [3.63, 3.8) is 0 Å². The van der Waals surface area contributed by atoms with Gasteiger partial charge in [0.2, 0.25) is 0 Å².